The van der Waals surface area contributed by atoms with Crippen molar-refractivity contribution in [1.29, 1.82) is 0 Å². The van der Waals surface area contributed by atoms with Crippen LogP contribution in [0.3, 0.4) is 0 Å². The first-order valence-electron chi connectivity index (χ1n) is 5.36. The van der Waals surface area contributed by atoms with Crippen LogP contribution < -0.4 is 0 Å². The van der Waals surface area contributed by atoms with Crippen molar-refractivity contribution >= 4 is 22.7 Å². The SMILES string of the molecule is Cc1nc(SCC(O)CO)c2ccccc2n1. The Morgan fingerprint density at radius 3 is 2.82 bits per heavy atom. The normalized spacial score (nSPS) is 12.9. The second-order valence-electron chi connectivity index (χ2n) is 3.74. The number of aliphatic hydroxyl groups excluding tert-OH is 2. The van der Waals surface area contributed by atoms with Gasteiger partial charge in [-0.3, -0.25) is 0 Å². The van der Waals surface area contributed by atoms with Crippen molar-refractivity contribution < 1.29 is 10.2 Å². The molecule has 0 aliphatic rings. The molecule has 1 heterocycles. The summed E-state index contributed by atoms with van der Waals surface area (Å²) >= 11 is 1.44. The molecule has 0 bridgehead atoms. The Morgan fingerprint density at radius 1 is 1.29 bits per heavy atom. The number of para-hydroxylation sites is 1. The van der Waals surface area contributed by atoms with Crippen molar-refractivity contribution in [3.8, 4) is 0 Å². The van der Waals surface area contributed by atoms with Crippen LogP contribution in [0.2, 0.25) is 0 Å². The number of nitrogens with zero attached hydrogens (tertiary/aromatic N) is 2. The summed E-state index contributed by atoms with van der Waals surface area (Å²) in [6.45, 7) is 1.62. The highest BCUT2D eigenvalue weighted by Crippen LogP contribution is 2.25. The molecule has 0 radical (unpaired) electrons. The highest BCUT2D eigenvalue weighted by atomic mass is 32.2. The average Bonchev–Trinajstić information content (AvgIpc) is 2.35. The van der Waals surface area contributed by atoms with Crippen molar-refractivity contribution in [2.45, 2.75) is 18.1 Å². The third-order valence-corrected chi connectivity index (χ3v) is 3.44. The van der Waals surface area contributed by atoms with Crippen LogP contribution in [0.5, 0.6) is 0 Å². The highest BCUT2D eigenvalue weighted by Gasteiger charge is 2.08. The van der Waals surface area contributed by atoms with E-state index in [2.05, 4.69) is 9.97 Å². The van der Waals surface area contributed by atoms with Gasteiger partial charge in [0.05, 0.1) is 18.2 Å². The minimum absolute atomic E-state index is 0.227. The summed E-state index contributed by atoms with van der Waals surface area (Å²) in [5.41, 5.74) is 0.904. The number of rotatable bonds is 4. The second kappa shape index (κ2) is 5.44. The molecule has 0 spiro atoms. The number of hydrogen-bond donors (Lipinski definition) is 2. The van der Waals surface area contributed by atoms with Gasteiger partial charge in [-0.1, -0.05) is 18.2 Å². The molecule has 0 amide bonds. The van der Waals surface area contributed by atoms with Crippen molar-refractivity contribution in [2.24, 2.45) is 0 Å². The molecule has 4 nitrogen and oxygen atoms in total. The van der Waals surface area contributed by atoms with E-state index in [1.807, 2.05) is 31.2 Å². The molecule has 0 aliphatic heterocycles. The van der Waals surface area contributed by atoms with Crippen LogP contribution in [0.25, 0.3) is 10.9 Å². The van der Waals surface area contributed by atoms with Gasteiger partial charge in [0, 0.05) is 11.1 Å². The summed E-state index contributed by atoms with van der Waals surface area (Å²) in [4.78, 5) is 8.71. The van der Waals surface area contributed by atoms with Gasteiger partial charge in [-0.2, -0.15) is 0 Å². The number of thioether (sulfide) groups is 1. The molecule has 90 valence electrons. The molecule has 5 heteroatoms. The fourth-order valence-corrected chi connectivity index (χ4v) is 2.48. The molecule has 0 fully saturated rings. The molecule has 2 N–H and O–H groups in total. The first-order chi connectivity index (χ1) is 8.20. The third kappa shape index (κ3) is 2.94. The summed E-state index contributed by atoms with van der Waals surface area (Å²) < 4.78 is 0. The molecular formula is C12H14N2O2S. The molecule has 1 aromatic carbocycles. The lowest BCUT2D eigenvalue weighted by atomic mass is 10.2. The Hall–Kier alpha value is -1.17. The smallest absolute Gasteiger partial charge is 0.127 e. The first-order valence-corrected chi connectivity index (χ1v) is 6.34. The van der Waals surface area contributed by atoms with E-state index in [-0.39, 0.29) is 6.61 Å². The Kier molecular flexibility index (Phi) is 3.93. The number of aliphatic hydroxyl groups is 2. The predicted molar refractivity (Wildman–Crippen MR) is 68.1 cm³/mol. The fourth-order valence-electron chi connectivity index (χ4n) is 1.50. The molecule has 0 aliphatic carbocycles. The Labute approximate surface area is 104 Å². The van der Waals surface area contributed by atoms with Crippen molar-refractivity contribution in [2.75, 3.05) is 12.4 Å². The van der Waals surface area contributed by atoms with Crippen molar-refractivity contribution in [1.82, 2.24) is 9.97 Å². The number of hydrogen-bond acceptors (Lipinski definition) is 5. The topological polar surface area (TPSA) is 66.2 Å². The van der Waals surface area contributed by atoms with Gasteiger partial charge in [-0.25, -0.2) is 9.97 Å². The Balaban J connectivity index is 2.32. The van der Waals surface area contributed by atoms with Crippen LogP contribution in [0, 0.1) is 6.92 Å². The maximum absolute atomic E-state index is 9.35. The van der Waals surface area contributed by atoms with Gasteiger partial charge in [0.25, 0.3) is 0 Å². The highest BCUT2D eigenvalue weighted by molar-refractivity contribution is 7.99. The fraction of sp³-hybridized carbons (Fsp3) is 0.333. The summed E-state index contributed by atoms with van der Waals surface area (Å²) in [7, 11) is 0. The lowest BCUT2D eigenvalue weighted by Crippen LogP contribution is -2.14. The molecule has 17 heavy (non-hydrogen) atoms. The van der Waals surface area contributed by atoms with Gasteiger partial charge in [0.15, 0.2) is 0 Å². The van der Waals surface area contributed by atoms with Crippen LogP contribution in [0.1, 0.15) is 5.82 Å². The van der Waals surface area contributed by atoms with Gasteiger partial charge >= 0.3 is 0 Å². The van der Waals surface area contributed by atoms with Gasteiger partial charge < -0.3 is 10.2 Å². The number of benzene rings is 1. The van der Waals surface area contributed by atoms with Crippen LogP contribution in [0.4, 0.5) is 0 Å². The zero-order valence-electron chi connectivity index (χ0n) is 9.50. The van der Waals surface area contributed by atoms with E-state index in [0.29, 0.717) is 11.6 Å². The molecule has 2 aromatic rings. The molecular weight excluding hydrogens is 236 g/mol. The lowest BCUT2D eigenvalue weighted by Gasteiger charge is -2.08. The average molecular weight is 250 g/mol. The summed E-state index contributed by atoms with van der Waals surface area (Å²) in [6, 6.07) is 7.78. The summed E-state index contributed by atoms with van der Waals surface area (Å²) in [6.07, 6.45) is -0.714. The van der Waals surface area contributed by atoms with Crippen LogP contribution in [0.15, 0.2) is 29.3 Å². The zero-order chi connectivity index (χ0) is 12.3. The van der Waals surface area contributed by atoms with E-state index in [4.69, 9.17) is 5.11 Å². The number of aryl methyl sites for hydroxylation is 1. The van der Waals surface area contributed by atoms with Gasteiger partial charge in [0.1, 0.15) is 10.9 Å². The maximum atomic E-state index is 9.35. The summed E-state index contributed by atoms with van der Waals surface area (Å²) in [5.74, 6) is 1.14. The van der Waals surface area contributed by atoms with E-state index in [1.165, 1.54) is 11.8 Å². The van der Waals surface area contributed by atoms with E-state index >= 15 is 0 Å². The quantitative estimate of drug-likeness (QED) is 0.634. The standard InChI is InChI=1S/C12H14N2O2S/c1-8-13-11-5-3-2-4-10(11)12(14-8)17-7-9(16)6-15/h2-5,9,15-16H,6-7H2,1H3. The van der Waals surface area contributed by atoms with Gasteiger partial charge in [0.2, 0.25) is 0 Å². The van der Waals surface area contributed by atoms with Gasteiger partial charge in [-0.05, 0) is 13.0 Å². The van der Waals surface area contributed by atoms with Crippen LogP contribution >= 0.6 is 11.8 Å². The number of fused-ring (bicyclic) bond motifs is 1. The summed E-state index contributed by atoms with van der Waals surface area (Å²) in [5, 5.41) is 20.0. The Bertz CT molecular complexity index is 519. The molecule has 2 rings (SSSR count). The van der Waals surface area contributed by atoms with E-state index in [9.17, 15) is 5.11 Å². The van der Waals surface area contributed by atoms with E-state index < -0.39 is 6.10 Å². The lowest BCUT2D eigenvalue weighted by molar-refractivity contribution is 0.113. The first kappa shape index (κ1) is 12.3. The second-order valence-corrected chi connectivity index (χ2v) is 4.75. The largest absolute Gasteiger partial charge is 0.394 e. The molecule has 0 saturated carbocycles. The minimum atomic E-state index is -0.714. The van der Waals surface area contributed by atoms with Crippen LogP contribution in [-0.2, 0) is 0 Å². The molecule has 1 unspecified atom stereocenters. The Morgan fingerprint density at radius 2 is 2.06 bits per heavy atom. The maximum Gasteiger partial charge on any atom is 0.127 e. The molecule has 1 aromatic heterocycles. The van der Waals surface area contributed by atoms with E-state index in [1.54, 1.807) is 0 Å². The monoisotopic (exact) mass is 250 g/mol. The molecule has 1 atom stereocenters. The van der Waals surface area contributed by atoms with Crippen LogP contribution in [-0.4, -0.2) is 38.6 Å². The minimum Gasteiger partial charge on any atom is -0.394 e. The predicted octanol–water partition coefficient (Wildman–Crippen LogP) is 1.38. The zero-order valence-corrected chi connectivity index (χ0v) is 10.3. The molecule has 0 saturated heterocycles. The third-order valence-electron chi connectivity index (χ3n) is 2.30. The van der Waals surface area contributed by atoms with Crippen molar-refractivity contribution in [3.05, 3.63) is 30.1 Å². The van der Waals surface area contributed by atoms with Crippen molar-refractivity contribution in [3.63, 3.8) is 0 Å². The number of aromatic nitrogens is 2. The van der Waals surface area contributed by atoms with Gasteiger partial charge in [-0.15, -0.1) is 11.8 Å². The van der Waals surface area contributed by atoms with E-state index in [0.717, 1.165) is 15.9 Å².